The van der Waals surface area contributed by atoms with E-state index < -0.39 is 6.09 Å². The summed E-state index contributed by atoms with van der Waals surface area (Å²) in [6.07, 6.45) is -1.01. The Balaban J connectivity index is 0.000000235. The first-order valence-electron chi connectivity index (χ1n) is 7.67. The van der Waals surface area contributed by atoms with Gasteiger partial charge in [-0.1, -0.05) is 0 Å². The number of carbonyl (C=O) groups excluding carboxylic acids is 1. The third kappa shape index (κ3) is 7.46. The number of ether oxygens (including phenoxy) is 1. The zero-order valence-corrected chi connectivity index (χ0v) is 13.7. The smallest absolute Gasteiger partial charge is 0.410 e. The molecule has 0 aromatic carbocycles. The van der Waals surface area contributed by atoms with E-state index in [1.54, 1.807) is 4.90 Å². The van der Waals surface area contributed by atoms with Crippen LogP contribution in [0.4, 0.5) is 9.59 Å². The minimum absolute atomic E-state index is 0.200. The summed E-state index contributed by atoms with van der Waals surface area (Å²) in [5, 5.41) is 14.7. The van der Waals surface area contributed by atoms with E-state index in [1.807, 2.05) is 20.8 Å². The van der Waals surface area contributed by atoms with Crippen LogP contribution >= 0.6 is 0 Å². The lowest BCUT2D eigenvalue weighted by Crippen LogP contribution is -2.48. The molecule has 8 nitrogen and oxygen atoms in total. The molecule has 0 unspecified atom stereocenters. The molecule has 0 aromatic heterocycles. The van der Waals surface area contributed by atoms with Crippen molar-refractivity contribution in [3.63, 3.8) is 0 Å². The molecular formula is C14H28N4O4. The second kappa shape index (κ2) is 8.79. The fourth-order valence-electron chi connectivity index (χ4n) is 2.03. The van der Waals surface area contributed by atoms with Gasteiger partial charge < -0.3 is 30.3 Å². The van der Waals surface area contributed by atoms with Crippen LogP contribution in [0.2, 0.25) is 0 Å². The molecule has 2 saturated heterocycles. The van der Waals surface area contributed by atoms with Crippen molar-refractivity contribution in [1.29, 1.82) is 0 Å². The second-order valence-corrected chi connectivity index (χ2v) is 6.24. The Morgan fingerprint density at radius 1 is 0.909 bits per heavy atom. The average molecular weight is 316 g/mol. The number of hydrogen-bond acceptors (Lipinski definition) is 5. The van der Waals surface area contributed by atoms with E-state index in [1.165, 1.54) is 4.90 Å². The van der Waals surface area contributed by atoms with Crippen molar-refractivity contribution < 1.29 is 19.4 Å². The number of hydrogen-bond donors (Lipinski definition) is 3. The van der Waals surface area contributed by atoms with Crippen LogP contribution in [-0.4, -0.2) is 85.1 Å². The van der Waals surface area contributed by atoms with Crippen LogP contribution in [0.3, 0.4) is 0 Å². The van der Waals surface area contributed by atoms with E-state index in [-0.39, 0.29) is 11.7 Å². The zero-order chi connectivity index (χ0) is 16.6. The lowest BCUT2D eigenvalue weighted by Gasteiger charge is -2.30. The highest BCUT2D eigenvalue weighted by Gasteiger charge is 2.22. The molecule has 8 heteroatoms. The van der Waals surface area contributed by atoms with Gasteiger partial charge in [-0.3, -0.25) is 0 Å². The summed E-state index contributed by atoms with van der Waals surface area (Å²) in [6.45, 7) is 11.7. The van der Waals surface area contributed by atoms with Crippen molar-refractivity contribution in [2.24, 2.45) is 0 Å². The summed E-state index contributed by atoms with van der Waals surface area (Å²) < 4.78 is 5.24. The van der Waals surface area contributed by atoms with Gasteiger partial charge in [-0.05, 0) is 20.8 Å². The molecule has 128 valence electrons. The standard InChI is InChI=1S/C9H18N2O2.C5H10N2O2/c1-9(2,3)13-8(12)11-6-4-10-5-7-11;8-5(9)7-3-1-6-2-4-7/h10H,4-7H2,1-3H3;6H,1-4H2,(H,8,9). The molecular weight excluding hydrogens is 288 g/mol. The number of carbonyl (C=O) groups is 2. The number of carboxylic acid groups (broad SMARTS) is 1. The predicted octanol–water partition coefficient (Wildman–Crippen LogP) is 0.396. The van der Waals surface area contributed by atoms with Crippen LogP contribution in [0.25, 0.3) is 0 Å². The minimum Gasteiger partial charge on any atom is -0.465 e. The van der Waals surface area contributed by atoms with Gasteiger partial charge in [0.2, 0.25) is 0 Å². The van der Waals surface area contributed by atoms with Gasteiger partial charge in [0.15, 0.2) is 0 Å². The summed E-state index contributed by atoms with van der Waals surface area (Å²) in [5.41, 5.74) is -0.387. The number of piperazine rings is 2. The van der Waals surface area contributed by atoms with Crippen molar-refractivity contribution >= 4 is 12.2 Å². The Kier molecular flexibility index (Phi) is 7.40. The third-order valence-electron chi connectivity index (χ3n) is 3.16. The van der Waals surface area contributed by atoms with Crippen molar-refractivity contribution in [1.82, 2.24) is 20.4 Å². The topological polar surface area (TPSA) is 94.1 Å². The van der Waals surface area contributed by atoms with Crippen LogP contribution in [0.1, 0.15) is 20.8 Å². The summed E-state index contributed by atoms with van der Waals surface area (Å²) >= 11 is 0. The van der Waals surface area contributed by atoms with Gasteiger partial charge in [0.1, 0.15) is 5.60 Å². The molecule has 22 heavy (non-hydrogen) atoms. The number of amides is 2. The van der Waals surface area contributed by atoms with Gasteiger partial charge in [-0.15, -0.1) is 0 Å². The summed E-state index contributed by atoms with van der Waals surface area (Å²) in [4.78, 5) is 24.9. The predicted molar refractivity (Wildman–Crippen MR) is 83.1 cm³/mol. The monoisotopic (exact) mass is 316 g/mol. The first kappa shape index (κ1) is 18.5. The summed E-state index contributed by atoms with van der Waals surface area (Å²) in [7, 11) is 0. The molecule has 3 N–H and O–H groups in total. The minimum atomic E-state index is -0.809. The van der Waals surface area contributed by atoms with Crippen LogP contribution in [0.5, 0.6) is 0 Å². The molecule has 0 saturated carbocycles. The van der Waals surface area contributed by atoms with Crippen LogP contribution in [-0.2, 0) is 4.74 Å². The molecule has 0 atom stereocenters. The van der Waals surface area contributed by atoms with Crippen molar-refractivity contribution in [2.75, 3.05) is 52.4 Å². The first-order chi connectivity index (χ1) is 10.3. The Morgan fingerprint density at radius 3 is 1.64 bits per heavy atom. The molecule has 2 heterocycles. The Bertz CT molecular complexity index is 358. The number of rotatable bonds is 0. The van der Waals surface area contributed by atoms with E-state index in [0.717, 1.165) is 39.3 Å². The quantitative estimate of drug-likeness (QED) is 0.599. The zero-order valence-electron chi connectivity index (χ0n) is 13.7. The molecule has 0 bridgehead atoms. The maximum atomic E-state index is 11.5. The van der Waals surface area contributed by atoms with Gasteiger partial charge in [-0.25, -0.2) is 9.59 Å². The number of nitrogens with one attached hydrogen (secondary N) is 2. The third-order valence-corrected chi connectivity index (χ3v) is 3.16. The van der Waals surface area contributed by atoms with Gasteiger partial charge in [0.05, 0.1) is 0 Å². The van der Waals surface area contributed by atoms with Gasteiger partial charge in [0, 0.05) is 52.4 Å². The van der Waals surface area contributed by atoms with Gasteiger partial charge in [-0.2, -0.15) is 0 Å². The van der Waals surface area contributed by atoms with Gasteiger partial charge in [0.25, 0.3) is 0 Å². The molecule has 0 aromatic rings. The van der Waals surface area contributed by atoms with E-state index in [2.05, 4.69) is 10.6 Å². The summed E-state index contributed by atoms with van der Waals surface area (Å²) in [5.74, 6) is 0. The molecule has 0 radical (unpaired) electrons. The lowest BCUT2D eigenvalue weighted by molar-refractivity contribution is 0.0229. The highest BCUT2D eigenvalue weighted by atomic mass is 16.6. The van der Waals surface area contributed by atoms with E-state index in [9.17, 15) is 9.59 Å². The van der Waals surface area contributed by atoms with Gasteiger partial charge >= 0.3 is 12.2 Å². The number of nitrogens with zero attached hydrogens (tertiary/aromatic N) is 2. The summed E-state index contributed by atoms with van der Waals surface area (Å²) in [6, 6.07) is 0. The Morgan fingerprint density at radius 2 is 1.32 bits per heavy atom. The largest absolute Gasteiger partial charge is 0.465 e. The first-order valence-corrected chi connectivity index (χ1v) is 7.67. The molecule has 0 aliphatic carbocycles. The average Bonchev–Trinajstić information content (AvgIpc) is 2.48. The SMILES string of the molecule is CC(C)(C)OC(=O)N1CCNCC1.O=C(O)N1CCNCC1. The molecule has 2 aliphatic rings. The van der Waals surface area contributed by atoms with Crippen molar-refractivity contribution in [3.05, 3.63) is 0 Å². The fraction of sp³-hybridized carbons (Fsp3) is 0.857. The van der Waals surface area contributed by atoms with Crippen LogP contribution in [0.15, 0.2) is 0 Å². The molecule has 2 aliphatic heterocycles. The molecule has 0 spiro atoms. The Labute approximate surface area is 131 Å². The fourth-order valence-corrected chi connectivity index (χ4v) is 2.03. The molecule has 2 amide bonds. The van der Waals surface area contributed by atoms with Crippen molar-refractivity contribution in [3.8, 4) is 0 Å². The highest BCUT2D eigenvalue weighted by Crippen LogP contribution is 2.09. The van der Waals surface area contributed by atoms with Crippen LogP contribution < -0.4 is 10.6 Å². The maximum Gasteiger partial charge on any atom is 0.410 e. The second-order valence-electron chi connectivity index (χ2n) is 6.24. The maximum absolute atomic E-state index is 11.5. The highest BCUT2D eigenvalue weighted by molar-refractivity contribution is 5.68. The molecule has 2 rings (SSSR count). The normalized spacial score (nSPS) is 19.0. The van der Waals surface area contributed by atoms with Crippen LogP contribution in [0, 0.1) is 0 Å². The van der Waals surface area contributed by atoms with E-state index >= 15 is 0 Å². The Hall–Kier alpha value is -1.54. The van der Waals surface area contributed by atoms with Crippen molar-refractivity contribution in [2.45, 2.75) is 26.4 Å². The van der Waals surface area contributed by atoms with E-state index in [4.69, 9.17) is 9.84 Å². The van der Waals surface area contributed by atoms with E-state index in [0.29, 0.717) is 13.1 Å². The lowest BCUT2D eigenvalue weighted by atomic mass is 10.2. The molecule has 2 fully saturated rings.